The van der Waals surface area contributed by atoms with Crippen LogP contribution in [-0.4, -0.2) is 26.5 Å². The lowest BCUT2D eigenvalue weighted by atomic mass is 10.2. The molecule has 0 fully saturated rings. The van der Waals surface area contributed by atoms with Crippen molar-refractivity contribution in [1.82, 2.24) is 14.8 Å². The summed E-state index contributed by atoms with van der Waals surface area (Å²) in [5.41, 5.74) is 1.22. The van der Waals surface area contributed by atoms with E-state index >= 15 is 0 Å². The second-order valence-corrected chi connectivity index (χ2v) is 3.36. The molecule has 0 aliphatic carbocycles. The Labute approximate surface area is 97.7 Å². The van der Waals surface area contributed by atoms with Gasteiger partial charge in [-0.25, -0.2) is 14.5 Å². The second-order valence-electron chi connectivity index (χ2n) is 3.36. The molecule has 0 aliphatic heterocycles. The van der Waals surface area contributed by atoms with Crippen LogP contribution in [0, 0.1) is 11.8 Å². The summed E-state index contributed by atoms with van der Waals surface area (Å²) in [6, 6.07) is 7.26. The van der Waals surface area contributed by atoms with E-state index in [1.54, 1.807) is 12.1 Å². The van der Waals surface area contributed by atoms with E-state index in [-0.39, 0.29) is 12.3 Å². The molecule has 2 aromatic rings. The van der Waals surface area contributed by atoms with Gasteiger partial charge in [-0.05, 0) is 18.2 Å². The molecule has 5 nitrogen and oxygen atoms in total. The van der Waals surface area contributed by atoms with Crippen LogP contribution in [0.15, 0.2) is 35.4 Å². The highest BCUT2D eigenvalue weighted by molar-refractivity contribution is 5.43. The zero-order valence-electron chi connectivity index (χ0n) is 9.05. The molecular weight excluding hydrogens is 218 g/mol. The molecule has 2 N–H and O–H groups in total. The van der Waals surface area contributed by atoms with Crippen molar-refractivity contribution < 1.29 is 5.11 Å². The topological polar surface area (TPSA) is 70.9 Å². The highest BCUT2D eigenvalue weighted by atomic mass is 16.2. The van der Waals surface area contributed by atoms with Crippen molar-refractivity contribution in [2.75, 3.05) is 6.61 Å². The number of aliphatic hydroxyl groups is 1. The number of aromatic amines is 1. The van der Waals surface area contributed by atoms with Gasteiger partial charge in [0, 0.05) is 12.0 Å². The van der Waals surface area contributed by atoms with E-state index in [9.17, 15) is 4.79 Å². The molecule has 86 valence electrons. The predicted octanol–water partition coefficient (Wildman–Crippen LogP) is 0.294. The van der Waals surface area contributed by atoms with Crippen LogP contribution in [-0.2, 0) is 0 Å². The summed E-state index contributed by atoms with van der Waals surface area (Å²) in [5.74, 6) is 5.74. The van der Waals surface area contributed by atoms with Gasteiger partial charge in [-0.3, -0.25) is 0 Å². The number of rotatable bonds is 2. The Morgan fingerprint density at radius 1 is 1.47 bits per heavy atom. The Kier molecular flexibility index (Phi) is 3.38. The van der Waals surface area contributed by atoms with E-state index in [0.717, 1.165) is 5.56 Å². The minimum absolute atomic E-state index is 0.0495. The number of benzene rings is 1. The van der Waals surface area contributed by atoms with Crippen molar-refractivity contribution >= 4 is 0 Å². The monoisotopic (exact) mass is 229 g/mol. The van der Waals surface area contributed by atoms with Crippen molar-refractivity contribution in [3.63, 3.8) is 0 Å². The molecule has 0 saturated heterocycles. The molecule has 0 atom stereocenters. The Hall–Kier alpha value is -2.32. The molecule has 0 radical (unpaired) electrons. The van der Waals surface area contributed by atoms with Crippen molar-refractivity contribution in [3.8, 4) is 17.5 Å². The summed E-state index contributed by atoms with van der Waals surface area (Å²) < 4.78 is 1.40. The van der Waals surface area contributed by atoms with E-state index in [2.05, 4.69) is 22.0 Å². The van der Waals surface area contributed by atoms with Crippen LogP contribution < -0.4 is 5.69 Å². The van der Waals surface area contributed by atoms with Gasteiger partial charge in [-0.2, -0.15) is 5.10 Å². The van der Waals surface area contributed by atoms with Gasteiger partial charge in [0.1, 0.15) is 6.33 Å². The quantitative estimate of drug-likeness (QED) is 0.727. The first-order chi connectivity index (χ1) is 8.31. The summed E-state index contributed by atoms with van der Waals surface area (Å²) >= 11 is 0. The normalized spacial score (nSPS) is 9.71. The summed E-state index contributed by atoms with van der Waals surface area (Å²) in [4.78, 5) is 11.4. The van der Waals surface area contributed by atoms with Gasteiger partial charge >= 0.3 is 5.69 Å². The summed E-state index contributed by atoms with van der Waals surface area (Å²) in [5, 5.41) is 14.6. The minimum atomic E-state index is -0.287. The predicted molar refractivity (Wildman–Crippen MR) is 62.8 cm³/mol. The van der Waals surface area contributed by atoms with Gasteiger partial charge in [0.05, 0.1) is 12.3 Å². The number of aliphatic hydroxyl groups excluding tert-OH is 1. The molecule has 0 saturated carbocycles. The van der Waals surface area contributed by atoms with E-state index in [0.29, 0.717) is 12.1 Å². The zero-order chi connectivity index (χ0) is 12.1. The average Bonchev–Trinajstić information content (AvgIpc) is 2.76. The molecular formula is C12H11N3O2. The van der Waals surface area contributed by atoms with Crippen molar-refractivity contribution in [1.29, 1.82) is 0 Å². The average molecular weight is 229 g/mol. The first kappa shape index (κ1) is 11.2. The molecule has 1 heterocycles. The van der Waals surface area contributed by atoms with Crippen LogP contribution in [0.25, 0.3) is 5.69 Å². The Bertz CT molecular complexity index is 616. The third kappa shape index (κ3) is 2.62. The van der Waals surface area contributed by atoms with E-state index in [4.69, 9.17) is 5.11 Å². The maximum absolute atomic E-state index is 11.4. The standard InChI is InChI=1S/C12H11N3O2/c16-7-2-1-4-10-5-3-6-11(8-10)15-9-13-14-12(15)17/h3,5-6,8-9,16H,2,7H2,(H,14,17). The fraction of sp³-hybridized carbons (Fsp3) is 0.167. The summed E-state index contributed by atoms with van der Waals surface area (Å²) in [6.07, 6.45) is 1.86. The summed E-state index contributed by atoms with van der Waals surface area (Å²) in [6.45, 7) is 0.0495. The second kappa shape index (κ2) is 5.14. The summed E-state index contributed by atoms with van der Waals surface area (Å²) in [7, 11) is 0. The third-order valence-corrected chi connectivity index (χ3v) is 2.15. The number of nitrogens with zero attached hydrogens (tertiary/aromatic N) is 2. The first-order valence-corrected chi connectivity index (χ1v) is 5.13. The van der Waals surface area contributed by atoms with Crippen molar-refractivity contribution in [2.24, 2.45) is 0 Å². The van der Waals surface area contributed by atoms with Gasteiger partial charge in [0.2, 0.25) is 0 Å². The Balaban J connectivity index is 2.33. The molecule has 0 amide bonds. The first-order valence-electron chi connectivity index (χ1n) is 5.13. The maximum Gasteiger partial charge on any atom is 0.347 e. The van der Waals surface area contributed by atoms with Crippen molar-refractivity contribution in [2.45, 2.75) is 6.42 Å². The molecule has 2 rings (SSSR count). The fourth-order valence-corrected chi connectivity index (χ4v) is 1.39. The van der Waals surface area contributed by atoms with E-state index in [1.807, 2.05) is 12.1 Å². The lowest BCUT2D eigenvalue weighted by Gasteiger charge is -1.99. The number of aromatic nitrogens is 3. The SMILES string of the molecule is O=c1[nH]ncn1-c1cccc(C#CCCO)c1. The van der Waals surface area contributed by atoms with Gasteiger partial charge < -0.3 is 5.11 Å². The molecule has 1 aromatic carbocycles. The number of nitrogens with one attached hydrogen (secondary N) is 1. The van der Waals surface area contributed by atoms with Crippen LogP contribution in [0.5, 0.6) is 0 Å². The van der Waals surface area contributed by atoms with Gasteiger partial charge in [0.25, 0.3) is 0 Å². The fourth-order valence-electron chi connectivity index (χ4n) is 1.39. The molecule has 0 unspecified atom stereocenters. The van der Waals surface area contributed by atoms with Crippen LogP contribution in [0.3, 0.4) is 0 Å². The molecule has 0 spiro atoms. The van der Waals surface area contributed by atoms with Crippen LogP contribution >= 0.6 is 0 Å². The zero-order valence-corrected chi connectivity index (χ0v) is 9.05. The highest BCUT2D eigenvalue weighted by Gasteiger charge is 2.00. The lowest BCUT2D eigenvalue weighted by molar-refractivity contribution is 0.305. The van der Waals surface area contributed by atoms with Gasteiger partial charge in [0.15, 0.2) is 0 Å². The van der Waals surface area contributed by atoms with Crippen LogP contribution in [0.4, 0.5) is 0 Å². The lowest BCUT2D eigenvalue weighted by Crippen LogP contribution is -2.13. The Morgan fingerprint density at radius 2 is 2.35 bits per heavy atom. The minimum Gasteiger partial charge on any atom is -0.395 e. The number of H-pyrrole nitrogens is 1. The van der Waals surface area contributed by atoms with Gasteiger partial charge in [-0.1, -0.05) is 17.9 Å². The Morgan fingerprint density at radius 3 is 3.06 bits per heavy atom. The molecule has 5 heteroatoms. The number of hydrogen-bond acceptors (Lipinski definition) is 3. The van der Waals surface area contributed by atoms with Crippen molar-refractivity contribution in [3.05, 3.63) is 46.6 Å². The van der Waals surface area contributed by atoms with E-state index < -0.39 is 0 Å². The number of hydrogen-bond donors (Lipinski definition) is 2. The molecule has 1 aromatic heterocycles. The van der Waals surface area contributed by atoms with Gasteiger partial charge in [-0.15, -0.1) is 0 Å². The van der Waals surface area contributed by atoms with E-state index in [1.165, 1.54) is 10.9 Å². The molecule has 0 aliphatic rings. The molecule has 0 bridgehead atoms. The maximum atomic E-state index is 11.4. The highest BCUT2D eigenvalue weighted by Crippen LogP contribution is 2.07. The van der Waals surface area contributed by atoms with Crippen LogP contribution in [0.2, 0.25) is 0 Å². The smallest absolute Gasteiger partial charge is 0.347 e. The third-order valence-electron chi connectivity index (χ3n) is 2.15. The largest absolute Gasteiger partial charge is 0.395 e. The molecule has 17 heavy (non-hydrogen) atoms. The van der Waals surface area contributed by atoms with Crippen LogP contribution in [0.1, 0.15) is 12.0 Å².